The van der Waals surface area contributed by atoms with Crippen molar-refractivity contribution in [3.05, 3.63) is 65.9 Å². The van der Waals surface area contributed by atoms with E-state index in [-0.39, 0.29) is 5.69 Å². The lowest BCUT2D eigenvalue weighted by atomic mass is 10.1. The van der Waals surface area contributed by atoms with Gasteiger partial charge in [-0.25, -0.2) is 4.79 Å². The molecular weight excluding hydrogens is 348 g/mol. The van der Waals surface area contributed by atoms with Gasteiger partial charge in [0, 0.05) is 17.3 Å². The molecule has 2 aromatic carbocycles. The third-order valence-electron chi connectivity index (χ3n) is 3.75. The highest BCUT2D eigenvalue weighted by molar-refractivity contribution is 6.03. The summed E-state index contributed by atoms with van der Waals surface area (Å²) in [4.78, 5) is 24.0. The van der Waals surface area contributed by atoms with Crippen LogP contribution in [0.15, 0.2) is 59.1 Å². The lowest BCUT2D eigenvalue weighted by Gasteiger charge is -2.05. The first-order valence-electron chi connectivity index (χ1n) is 8.30. The van der Waals surface area contributed by atoms with E-state index in [0.29, 0.717) is 29.4 Å². The summed E-state index contributed by atoms with van der Waals surface area (Å²) in [5, 5.41) is 6.52. The fourth-order valence-corrected chi connectivity index (χ4v) is 2.39. The van der Waals surface area contributed by atoms with Crippen LogP contribution in [0.1, 0.15) is 27.8 Å². The molecule has 0 saturated carbocycles. The highest BCUT2D eigenvalue weighted by Gasteiger charge is 2.15. The van der Waals surface area contributed by atoms with E-state index in [0.717, 1.165) is 5.56 Å². The Morgan fingerprint density at radius 1 is 1.11 bits per heavy atom. The number of ether oxygens (including phenoxy) is 2. The van der Waals surface area contributed by atoms with Crippen molar-refractivity contribution in [3.63, 3.8) is 0 Å². The van der Waals surface area contributed by atoms with E-state index in [2.05, 4.69) is 10.5 Å². The van der Waals surface area contributed by atoms with E-state index >= 15 is 0 Å². The minimum absolute atomic E-state index is 0.141. The molecule has 0 spiro atoms. The first-order chi connectivity index (χ1) is 13.1. The van der Waals surface area contributed by atoms with Crippen molar-refractivity contribution in [3.8, 4) is 17.1 Å². The minimum Gasteiger partial charge on any atom is -0.497 e. The number of nitrogens with zero attached hydrogens (tertiary/aromatic N) is 1. The van der Waals surface area contributed by atoms with Crippen LogP contribution in [0.3, 0.4) is 0 Å². The molecule has 0 aliphatic heterocycles. The Morgan fingerprint density at radius 3 is 2.59 bits per heavy atom. The summed E-state index contributed by atoms with van der Waals surface area (Å²) >= 11 is 0. The topological polar surface area (TPSA) is 90.7 Å². The van der Waals surface area contributed by atoms with Crippen LogP contribution in [0.4, 0.5) is 5.69 Å². The number of amides is 1. The largest absolute Gasteiger partial charge is 0.497 e. The highest BCUT2D eigenvalue weighted by Crippen LogP contribution is 2.24. The number of methoxy groups -OCH3 is 1. The van der Waals surface area contributed by atoms with Crippen molar-refractivity contribution in [2.24, 2.45) is 0 Å². The highest BCUT2D eigenvalue weighted by atomic mass is 16.5. The number of carbonyl (C=O) groups excluding carboxylic acids is 2. The van der Waals surface area contributed by atoms with E-state index < -0.39 is 11.9 Å². The first-order valence-corrected chi connectivity index (χ1v) is 8.30. The molecule has 0 radical (unpaired) electrons. The van der Waals surface area contributed by atoms with Crippen LogP contribution in [0.5, 0.6) is 5.75 Å². The monoisotopic (exact) mass is 366 g/mol. The molecular formula is C20H18N2O5. The molecule has 0 unspecified atom stereocenters. The summed E-state index contributed by atoms with van der Waals surface area (Å²) < 4.78 is 15.4. The maximum Gasteiger partial charge on any atom is 0.338 e. The number of aromatic nitrogens is 1. The fourth-order valence-electron chi connectivity index (χ4n) is 2.39. The molecule has 0 bridgehead atoms. The molecule has 138 valence electrons. The van der Waals surface area contributed by atoms with Gasteiger partial charge in [0.1, 0.15) is 5.75 Å². The number of benzene rings is 2. The zero-order valence-corrected chi connectivity index (χ0v) is 14.9. The second-order valence-electron chi connectivity index (χ2n) is 5.56. The number of nitrogens with one attached hydrogen (secondary N) is 1. The van der Waals surface area contributed by atoms with E-state index in [4.69, 9.17) is 14.0 Å². The Balaban J connectivity index is 1.70. The van der Waals surface area contributed by atoms with Gasteiger partial charge in [-0.3, -0.25) is 4.79 Å². The van der Waals surface area contributed by atoms with Gasteiger partial charge in [0.05, 0.1) is 19.3 Å². The van der Waals surface area contributed by atoms with Gasteiger partial charge in [0.15, 0.2) is 11.5 Å². The smallest absolute Gasteiger partial charge is 0.338 e. The number of anilines is 1. The molecule has 7 nitrogen and oxygen atoms in total. The average Bonchev–Trinajstić information content (AvgIpc) is 3.19. The second kappa shape index (κ2) is 8.18. The fraction of sp³-hybridized carbons (Fsp3) is 0.150. The Morgan fingerprint density at radius 2 is 1.89 bits per heavy atom. The number of carbonyl (C=O) groups is 2. The standard InChI is InChI=1S/C20H18N2O5/c1-3-26-20(24)13-7-9-15(10-8-13)21-19(23)17-12-18(27-22-17)14-5-4-6-16(11-14)25-2/h4-12H,3H2,1-2H3,(H,21,23). The van der Waals surface area contributed by atoms with Crippen molar-refractivity contribution < 1.29 is 23.6 Å². The van der Waals surface area contributed by atoms with Crippen molar-refractivity contribution in [1.29, 1.82) is 0 Å². The lowest BCUT2D eigenvalue weighted by Crippen LogP contribution is -2.12. The predicted octanol–water partition coefficient (Wildman–Crippen LogP) is 3.78. The predicted molar refractivity (Wildman–Crippen MR) is 98.8 cm³/mol. The van der Waals surface area contributed by atoms with Crippen LogP contribution in [0, 0.1) is 0 Å². The zero-order valence-electron chi connectivity index (χ0n) is 14.9. The van der Waals surface area contributed by atoms with Gasteiger partial charge in [0.25, 0.3) is 5.91 Å². The Hall–Kier alpha value is -3.61. The molecule has 3 rings (SSSR count). The van der Waals surface area contributed by atoms with E-state index in [1.165, 1.54) is 0 Å². The summed E-state index contributed by atoms with van der Waals surface area (Å²) in [5.74, 6) is 0.305. The normalized spacial score (nSPS) is 10.3. The van der Waals surface area contributed by atoms with Crippen molar-refractivity contribution in [2.75, 3.05) is 19.0 Å². The van der Waals surface area contributed by atoms with E-state index in [1.54, 1.807) is 50.4 Å². The third kappa shape index (κ3) is 4.33. The van der Waals surface area contributed by atoms with Gasteiger partial charge in [-0.15, -0.1) is 0 Å². The summed E-state index contributed by atoms with van der Waals surface area (Å²) in [6.07, 6.45) is 0. The van der Waals surface area contributed by atoms with Crippen molar-refractivity contribution >= 4 is 17.6 Å². The summed E-state index contributed by atoms with van der Waals surface area (Å²) in [6, 6.07) is 15.2. The molecule has 0 aliphatic carbocycles. The van der Waals surface area contributed by atoms with Crippen LogP contribution in [0.2, 0.25) is 0 Å². The Labute approximate surface area is 155 Å². The van der Waals surface area contributed by atoms with Crippen LogP contribution >= 0.6 is 0 Å². The molecule has 1 heterocycles. The molecule has 0 aliphatic rings. The van der Waals surface area contributed by atoms with Gasteiger partial charge < -0.3 is 19.3 Å². The molecule has 1 aromatic heterocycles. The van der Waals surface area contributed by atoms with Gasteiger partial charge in [-0.2, -0.15) is 0 Å². The Bertz CT molecular complexity index is 947. The van der Waals surface area contributed by atoms with Crippen LogP contribution in [-0.4, -0.2) is 30.7 Å². The number of hydrogen-bond donors (Lipinski definition) is 1. The minimum atomic E-state index is -0.420. The van der Waals surface area contributed by atoms with Gasteiger partial charge in [-0.05, 0) is 43.3 Å². The maximum absolute atomic E-state index is 12.4. The molecule has 1 amide bonds. The molecule has 1 N–H and O–H groups in total. The summed E-state index contributed by atoms with van der Waals surface area (Å²) in [6.45, 7) is 2.04. The Kier molecular flexibility index (Phi) is 5.51. The molecule has 7 heteroatoms. The summed E-state index contributed by atoms with van der Waals surface area (Å²) in [7, 11) is 1.57. The third-order valence-corrected chi connectivity index (χ3v) is 3.75. The van der Waals surface area contributed by atoms with Gasteiger partial charge in [-0.1, -0.05) is 17.3 Å². The van der Waals surface area contributed by atoms with Gasteiger partial charge in [0.2, 0.25) is 0 Å². The van der Waals surface area contributed by atoms with E-state index in [9.17, 15) is 9.59 Å². The molecule has 27 heavy (non-hydrogen) atoms. The lowest BCUT2D eigenvalue weighted by molar-refractivity contribution is 0.0526. The molecule has 3 aromatic rings. The molecule has 0 saturated heterocycles. The molecule has 0 atom stereocenters. The number of esters is 1. The number of rotatable bonds is 6. The van der Waals surface area contributed by atoms with Crippen molar-refractivity contribution in [2.45, 2.75) is 6.92 Å². The SMILES string of the molecule is CCOC(=O)c1ccc(NC(=O)c2cc(-c3cccc(OC)c3)on2)cc1. The first kappa shape index (κ1) is 18.2. The average molecular weight is 366 g/mol. The van der Waals surface area contributed by atoms with Crippen LogP contribution < -0.4 is 10.1 Å². The quantitative estimate of drug-likeness (QED) is 0.668. The van der Waals surface area contributed by atoms with Crippen LogP contribution in [0.25, 0.3) is 11.3 Å². The zero-order chi connectivity index (χ0) is 19.2. The second-order valence-corrected chi connectivity index (χ2v) is 5.56. The van der Waals surface area contributed by atoms with Crippen molar-refractivity contribution in [1.82, 2.24) is 5.16 Å². The van der Waals surface area contributed by atoms with E-state index in [1.807, 2.05) is 18.2 Å². The molecule has 0 fully saturated rings. The maximum atomic E-state index is 12.4. The number of hydrogen-bond acceptors (Lipinski definition) is 6. The van der Waals surface area contributed by atoms with Crippen LogP contribution in [-0.2, 0) is 4.74 Å². The van der Waals surface area contributed by atoms with Gasteiger partial charge >= 0.3 is 5.97 Å². The summed E-state index contributed by atoms with van der Waals surface area (Å²) in [5.41, 5.74) is 1.83.